The van der Waals surface area contributed by atoms with Gasteiger partial charge >= 0.3 is 26.6 Å². The first-order chi connectivity index (χ1) is 19.8. The first kappa shape index (κ1) is 30.2. The van der Waals surface area contributed by atoms with E-state index in [1.54, 1.807) is 0 Å². The summed E-state index contributed by atoms with van der Waals surface area (Å²) in [6.07, 6.45) is 0. The smallest absolute Gasteiger partial charge is 0.550 e. The molecule has 0 amide bonds. The Balaban J connectivity index is 0.000000763. The van der Waals surface area contributed by atoms with Gasteiger partial charge in [-0.1, -0.05) is 91.0 Å². The van der Waals surface area contributed by atoms with Crippen LogP contribution in [0.1, 0.15) is 24.4 Å². The van der Waals surface area contributed by atoms with Gasteiger partial charge in [-0.3, -0.25) is 0 Å². The molecular formula is C29H28BN9O2Zn. The maximum absolute atomic E-state index is 8.89. The number of carbonyl (C=O) groups excluding carboxylic acids is 1. The van der Waals surface area contributed by atoms with E-state index in [2.05, 4.69) is 0 Å². The van der Waals surface area contributed by atoms with E-state index in [0.717, 1.165) is 41.1 Å². The predicted octanol–water partition coefficient (Wildman–Crippen LogP) is 2.80. The number of carbonyl (C=O) groups is 1. The Morgan fingerprint density at radius 2 is 0.810 bits per heavy atom. The van der Waals surface area contributed by atoms with Gasteiger partial charge in [-0.05, 0) is 27.7 Å². The van der Waals surface area contributed by atoms with Gasteiger partial charge in [0, 0.05) is 22.7 Å². The fraction of sp³-hybridized carbons (Fsp3) is 0.138. The number of aromatic nitrogens is 9. The Morgan fingerprint density at radius 3 is 1.05 bits per heavy atom. The van der Waals surface area contributed by atoms with Crippen LogP contribution >= 0.6 is 0 Å². The minimum atomic E-state index is -1.74. The minimum Gasteiger partial charge on any atom is -0.550 e. The Labute approximate surface area is 256 Å². The Hall–Kier alpha value is -4.76. The molecule has 13 heteroatoms. The van der Waals surface area contributed by atoms with E-state index in [9.17, 15) is 0 Å². The van der Waals surface area contributed by atoms with Crippen molar-refractivity contribution < 1.29 is 29.4 Å². The summed E-state index contributed by atoms with van der Waals surface area (Å²) in [7, 11) is -1.74. The van der Waals surface area contributed by atoms with Crippen molar-refractivity contribution in [3.05, 3.63) is 108 Å². The Bertz CT molecular complexity index is 1570. The topological polar surface area (TPSA) is 132 Å². The molecule has 0 aliphatic rings. The van der Waals surface area contributed by atoms with Gasteiger partial charge in [-0.2, -0.15) is 15.3 Å². The van der Waals surface area contributed by atoms with Gasteiger partial charge in [0.2, 0.25) is 0 Å². The molecule has 0 N–H and O–H groups in total. The van der Waals surface area contributed by atoms with E-state index in [0.29, 0.717) is 17.5 Å². The Kier molecular flexibility index (Phi) is 9.54. The largest absolute Gasteiger partial charge is 2.00 e. The maximum atomic E-state index is 8.89. The van der Waals surface area contributed by atoms with Crippen LogP contribution in [0.25, 0.3) is 34.2 Å². The zero-order valence-electron chi connectivity index (χ0n) is 23.9. The molecule has 42 heavy (non-hydrogen) atoms. The molecule has 0 bridgehead atoms. The van der Waals surface area contributed by atoms with E-state index in [-0.39, 0.29) is 19.5 Å². The predicted molar refractivity (Wildman–Crippen MR) is 155 cm³/mol. The zero-order chi connectivity index (χ0) is 28.9. The standard InChI is InChI=1S/C27H25BN9.C2H4O2.Zn/c1-19-29-25(22-13-7-4-8-14-22)32-35(19)28(36-20(2)30-26(33-36)23-15-9-5-10-16-23)37-21(3)31-27(34-37)24-17-11-6-12-18-24;1-2(3)4;/h4-18,28H,1-3H3;1H3,(H,3,4);/q-1;;+2/p-1. The van der Waals surface area contributed by atoms with E-state index in [4.69, 9.17) is 40.1 Å². The second-order valence-corrected chi connectivity index (χ2v) is 9.46. The third-order valence-corrected chi connectivity index (χ3v) is 6.47. The quantitative estimate of drug-likeness (QED) is 0.263. The zero-order valence-corrected chi connectivity index (χ0v) is 26.9. The van der Waals surface area contributed by atoms with Gasteiger partial charge in [-0.25, -0.2) is 15.0 Å². The summed E-state index contributed by atoms with van der Waals surface area (Å²) < 4.78 is 5.74. The summed E-state index contributed by atoms with van der Waals surface area (Å²) in [6.45, 7) is 6.83. The van der Waals surface area contributed by atoms with Crippen molar-refractivity contribution in [3.8, 4) is 34.2 Å². The van der Waals surface area contributed by atoms with Crippen LogP contribution in [-0.2, 0) is 24.3 Å². The number of benzene rings is 3. The van der Waals surface area contributed by atoms with Crippen LogP contribution < -0.4 is 5.11 Å². The molecule has 0 fully saturated rings. The summed E-state index contributed by atoms with van der Waals surface area (Å²) in [5.41, 5.74) is 2.84. The molecular weight excluding hydrogens is 583 g/mol. The van der Waals surface area contributed by atoms with Crippen LogP contribution in [0.2, 0.25) is 0 Å². The van der Waals surface area contributed by atoms with Gasteiger partial charge in [0.05, 0.1) is 17.5 Å². The van der Waals surface area contributed by atoms with Crippen molar-refractivity contribution in [3.63, 3.8) is 0 Å². The summed E-state index contributed by atoms with van der Waals surface area (Å²) in [6, 6.07) is 29.9. The van der Waals surface area contributed by atoms with Gasteiger partial charge in [-0.15, -0.1) is 0 Å². The van der Waals surface area contributed by atoms with Crippen LogP contribution in [0.5, 0.6) is 0 Å². The fourth-order valence-electron chi connectivity index (χ4n) is 4.57. The summed E-state index contributed by atoms with van der Waals surface area (Å²) in [5, 5.41) is 23.7. The number of carboxylic acids is 1. The van der Waals surface area contributed by atoms with Crippen molar-refractivity contribution in [2.75, 3.05) is 0 Å². The van der Waals surface area contributed by atoms with Crippen molar-refractivity contribution in [2.24, 2.45) is 0 Å². The fourth-order valence-corrected chi connectivity index (χ4v) is 4.57. The van der Waals surface area contributed by atoms with Crippen LogP contribution in [0, 0.1) is 20.8 Å². The first-order valence-electron chi connectivity index (χ1n) is 13.1. The molecule has 0 atom stereocenters. The molecule has 0 aliphatic carbocycles. The molecule has 0 radical (unpaired) electrons. The number of carboxylic acid groups (broad SMARTS) is 1. The molecule has 6 aromatic rings. The molecule has 11 nitrogen and oxygen atoms in total. The number of aryl methyl sites for hydroxylation is 3. The van der Waals surface area contributed by atoms with Crippen molar-refractivity contribution in [1.82, 2.24) is 44.0 Å². The number of nitrogens with zero attached hydrogens (tertiary/aromatic N) is 9. The van der Waals surface area contributed by atoms with Crippen LogP contribution in [0.4, 0.5) is 0 Å². The number of hydrogen-bond donors (Lipinski definition) is 0. The Morgan fingerprint density at radius 1 is 0.571 bits per heavy atom. The van der Waals surface area contributed by atoms with Crippen molar-refractivity contribution in [1.29, 1.82) is 0 Å². The first-order valence-corrected chi connectivity index (χ1v) is 13.1. The van der Waals surface area contributed by atoms with Crippen molar-refractivity contribution in [2.45, 2.75) is 27.7 Å². The number of hydrogen-bond acceptors (Lipinski definition) is 8. The SMILES string of the molecule is CC(=O)[O-].Cc1nc(-c2ccccc2)nn1[BH-](n1nc(-c2ccccc2)nc1C)n1nc(-c2ccccc2)nc1C.[Zn+2]. The molecule has 0 unspecified atom stereocenters. The summed E-state index contributed by atoms with van der Waals surface area (Å²) in [4.78, 5) is 23.3. The molecule has 0 spiro atoms. The van der Waals surface area contributed by atoms with Gasteiger partial charge in [0.1, 0.15) is 0 Å². The molecule has 3 heterocycles. The molecule has 0 saturated carbocycles. The van der Waals surface area contributed by atoms with Gasteiger partial charge in [0.15, 0.2) is 17.5 Å². The van der Waals surface area contributed by atoms with Crippen molar-refractivity contribution >= 4 is 13.1 Å². The second-order valence-electron chi connectivity index (χ2n) is 9.46. The average molecular weight is 611 g/mol. The normalized spacial score (nSPS) is 10.6. The minimum absolute atomic E-state index is 0. The van der Waals surface area contributed by atoms with Gasteiger partial charge < -0.3 is 23.7 Å². The van der Waals surface area contributed by atoms with E-state index < -0.39 is 13.1 Å². The van der Waals surface area contributed by atoms with Crippen LogP contribution in [0.3, 0.4) is 0 Å². The monoisotopic (exact) mass is 609 g/mol. The molecule has 3 aromatic heterocycles. The number of rotatable bonds is 6. The molecule has 206 valence electrons. The second kappa shape index (κ2) is 13.3. The molecule has 0 aliphatic heterocycles. The average Bonchev–Trinajstić information content (AvgIpc) is 3.68. The summed E-state index contributed by atoms with van der Waals surface area (Å²) >= 11 is 0. The third kappa shape index (κ3) is 6.58. The molecule has 3 aromatic carbocycles. The van der Waals surface area contributed by atoms with Crippen LogP contribution in [0.15, 0.2) is 91.0 Å². The number of aliphatic carboxylic acids is 1. The van der Waals surface area contributed by atoms with E-state index in [1.807, 2.05) is 126 Å². The van der Waals surface area contributed by atoms with E-state index in [1.165, 1.54) is 0 Å². The molecule has 0 saturated heterocycles. The maximum Gasteiger partial charge on any atom is 2.00 e. The van der Waals surface area contributed by atoms with E-state index >= 15 is 0 Å². The van der Waals surface area contributed by atoms with Crippen LogP contribution in [-0.4, -0.2) is 57.1 Å². The molecule has 6 rings (SSSR count). The summed E-state index contributed by atoms with van der Waals surface area (Å²) in [5.74, 6) is 3.14. The van der Waals surface area contributed by atoms with Gasteiger partial charge in [0.25, 0.3) is 0 Å². The third-order valence-electron chi connectivity index (χ3n) is 6.47.